The molecule has 0 bridgehead atoms. The largest absolute Gasteiger partial charge is 0.176 e. The molecule has 1 fully saturated rings. The Morgan fingerprint density at radius 1 is 1.00 bits per heavy atom. The summed E-state index contributed by atoms with van der Waals surface area (Å²) in [4.78, 5) is 0. The fraction of sp³-hybridized carbons (Fsp3) is 0.667. The van der Waals surface area contributed by atoms with Crippen LogP contribution in [0.1, 0.15) is 55.4 Å². The molecule has 1 rings (SSSR count). The van der Waals surface area contributed by atoms with Gasteiger partial charge in [-0.05, 0) is 0 Å². The lowest BCUT2D eigenvalue weighted by atomic mass is 9.93. The molecule has 0 saturated heterocycles. The first-order valence-electron chi connectivity index (χ1n) is 5.75. The van der Waals surface area contributed by atoms with Crippen molar-refractivity contribution in [2.75, 3.05) is 0 Å². The van der Waals surface area contributed by atoms with Crippen LogP contribution in [-0.2, 0) is 0 Å². The summed E-state index contributed by atoms with van der Waals surface area (Å²) in [6.07, 6.45) is 0. The molecule has 1 saturated carbocycles. The van der Waals surface area contributed by atoms with Crippen molar-refractivity contribution in [3.8, 4) is 0 Å². The van der Waals surface area contributed by atoms with E-state index in [2.05, 4.69) is 61.1 Å². The van der Waals surface area contributed by atoms with Crippen LogP contribution in [-0.4, -0.2) is 0 Å². The lowest BCUT2D eigenvalue weighted by Gasteiger charge is -2.01. The molecule has 0 heteroatoms. The molecule has 83 valence electrons. The van der Waals surface area contributed by atoms with Crippen molar-refractivity contribution in [3.05, 3.63) is 28.7 Å². The average Bonchev–Trinajstić information content (AvgIpc) is 2.38. The monoisotopic (exact) mass is 204 g/mol. The van der Waals surface area contributed by atoms with Gasteiger partial charge in [0.15, 0.2) is 5.57 Å². The van der Waals surface area contributed by atoms with Crippen LogP contribution >= 0.6 is 0 Å². The van der Waals surface area contributed by atoms with Crippen LogP contribution in [0.4, 0.5) is 0 Å². The molecule has 0 aromatic carbocycles. The van der Waals surface area contributed by atoms with Crippen LogP contribution in [0, 0.1) is 22.7 Å². The Hall–Kier alpha value is -0.610. The Labute approximate surface area is 95.5 Å². The molecule has 0 nitrogen and oxygen atoms in total. The van der Waals surface area contributed by atoms with E-state index in [1.807, 2.05) is 0 Å². The summed E-state index contributed by atoms with van der Waals surface area (Å²) >= 11 is 0. The molecule has 0 heterocycles. The van der Waals surface area contributed by atoms with E-state index in [4.69, 9.17) is 0 Å². The summed E-state index contributed by atoms with van der Waals surface area (Å²) in [6.45, 7) is 17.9. The minimum Gasteiger partial charge on any atom is -0.0527 e. The quantitative estimate of drug-likeness (QED) is 0.450. The zero-order valence-corrected chi connectivity index (χ0v) is 11.5. The van der Waals surface area contributed by atoms with E-state index < -0.39 is 0 Å². The smallest absolute Gasteiger partial charge is 0.0527 e. The molecule has 1 radical (unpaired) electrons. The summed E-state index contributed by atoms with van der Waals surface area (Å²) in [5, 5.41) is 0. The summed E-state index contributed by atoms with van der Waals surface area (Å²) in [5.74, 6) is 2.72. The summed E-state index contributed by atoms with van der Waals surface area (Å²) in [6, 6.07) is 0. The van der Waals surface area contributed by atoms with Crippen molar-refractivity contribution in [1.82, 2.24) is 0 Å². The first kappa shape index (κ1) is 12.5. The number of hydrogen-bond donors (Lipinski definition) is 0. The molecular weight excluding hydrogens is 180 g/mol. The Balaban J connectivity index is 3.21. The molecule has 0 aromatic heterocycles. The highest BCUT2D eigenvalue weighted by Gasteiger charge is 2.64. The molecule has 0 N–H and O–H groups in total. The Morgan fingerprint density at radius 2 is 1.40 bits per heavy atom. The lowest BCUT2D eigenvalue weighted by molar-refractivity contribution is 0.457. The maximum atomic E-state index is 3.63. The second-order valence-electron chi connectivity index (χ2n) is 6.12. The van der Waals surface area contributed by atoms with Gasteiger partial charge in [-0.15, -0.1) is 0 Å². The fourth-order valence-corrected chi connectivity index (χ4v) is 2.22. The summed E-state index contributed by atoms with van der Waals surface area (Å²) in [7, 11) is 0. The van der Waals surface area contributed by atoms with Gasteiger partial charge in [-0.1, -0.05) is 41.5 Å². The van der Waals surface area contributed by atoms with E-state index in [1.54, 1.807) is 0 Å². The maximum absolute atomic E-state index is 3.63. The van der Waals surface area contributed by atoms with E-state index in [0.29, 0.717) is 10.8 Å². The highest BCUT2D eigenvalue weighted by atomic mass is 14.6. The molecule has 0 aromatic rings. The predicted molar refractivity (Wildman–Crippen MR) is 67.3 cm³/mol. The van der Waals surface area contributed by atoms with Gasteiger partial charge in [-0.2, -0.15) is 0 Å². The second-order valence-corrected chi connectivity index (χ2v) is 6.12. The maximum Gasteiger partial charge on any atom is 0.176 e. The van der Waals surface area contributed by atoms with Crippen LogP contribution in [0.5, 0.6) is 0 Å². The Morgan fingerprint density at radius 3 is 1.60 bits per heavy atom. The van der Waals surface area contributed by atoms with Crippen molar-refractivity contribution in [3.63, 3.8) is 0 Å². The van der Waals surface area contributed by atoms with Crippen LogP contribution < -0.4 is 0 Å². The van der Waals surface area contributed by atoms with Crippen molar-refractivity contribution >= 4 is 0 Å². The Bertz CT molecular complexity index is 290. The topological polar surface area (TPSA) is 0 Å². The minimum atomic E-state index is 0.323. The number of allylic oxidation sites excluding steroid dienone is 1. The van der Waals surface area contributed by atoms with E-state index in [0.717, 1.165) is 0 Å². The van der Waals surface area contributed by atoms with Gasteiger partial charge in [-0.3, -0.25) is 0 Å². The fourth-order valence-electron chi connectivity index (χ4n) is 2.22. The van der Waals surface area contributed by atoms with Gasteiger partial charge in [0.05, 0.1) is 17.4 Å². The highest BCUT2D eigenvalue weighted by Crippen LogP contribution is 2.67. The van der Waals surface area contributed by atoms with E-state index in [9.17, 15) is 0 Å². The van der Waals surface area contributed by atoms with Gasteiger partial charge in [0, 0.05) is 24.7 Å². The van der Waals surface area contributed by atoms with E-state index in [-0.39, 0.29) is 0 Å². The normalized spacial score (nSPS) is 21.3. The SMILES string of the molecule is C[C](C)C(=C=C1C(C)(C)C1(C)C)[C+](C)C. The molecule has 1 aliphatic carbocycles. The van der Waals surface area contributed by atoms with Gasteiger partial charge in [0.2, 0.25) is 0 Å². The third kappa shape index (κ3) is 1.88. The zero-order chi connectivity index (χ0) is 12.0. The van der Waals surface area contributed by atoms with Crippen LogP contribution in [0.25, 0.3) is 0 Å². The molecular formula is C15H24+. The Kier molecular flexibility index (Phi) is 2.87. The molecule has 1 aliphatic rings. The molecule has 0 atom stereocenters. The molecule has 0 unspecified atom stereocenters. The first-order valence-corrected chi connectivity index (χ1v) is 5.75. The van der Waals surface area contributed by atoms with E-state index in [1.165, 1.54) is 23.0 Å². The summed E-state index contributed by atoms with van der Waals surface area (Å²) < 4.78 is 0. The second kappa shape index (κ2) is 3.46. The van der Waals surface area contributed by atoms with Crippen LogP contribution in [0.2, 0.25) is 0 Å². The predicted octanol–water partition coefficient (Wildman–Crippen LogP) is 4.73. The first-order chi connectivity index (χ1) is 6.62. The lowest BCUT2D eigenvalue weighted by Crippen LogP contribution is -1.96. The van der Waals surface area contributed by atoms with Gasteiger partial charge >= 0.3 is 0 Å². The number of hydrogen-bond acceptors (Lipinski definition) is 0. The van der Waals surface area contributed by atoms with Crippen molar-refractivity contribution in [1.29, 1.82) is 0 Å². The molecule has 0 spiro atoms. The zero-order valence-electron chi connectivity index (χ0n) is 11.5. The van der Waals surface area contributed by atoms with Gasteiger partial charge in [0.25, 0.3) is 0 Å². The molecule has 0 amide bonds. The van der Waals surface area contributed by atoms with E-state index >= 15 is 0 Å². The van der Waals surface area contributed by atoms with Gasteiger partial charge < -0.3 is 0 Å². The van der Waals surface area contributed by atoms with Gasteiger partial charge in [-0.25, -0.2) is 0 Å². The molecule has 15 heavy (non-hydrogen) atoms. The number of rotatable bonds is 2. The minimum absolute atomic E-state index is 0.323. The standard InChI is InChI=1S/C15H24/c1-10(2)12(11(3)4)9-13-14(5,6)15(13,7)8/h1-8H3/q+1. The average molecular weight is 204 g/mol. The van der Waals surface area contributed by atoms with Crippen LogP contribution in [0.15, 0.2) is 16.9 Å². The van der Waals surface area contributed by atoms with Crippen molar-refractivity contribution in [2.45, 2.75) is 55.4 Å². The molecule has 0 aliphatic heterocycles. The summed E-state index contributed by atoms with van der Waals surface area (Å²) in [5.41, 5.74) is 7.05. The third-order valence-corrected chi connectivity index (χ3v) is 4.00. The van der Waals surface area contributed by atoms with Crippen LogP contribution in [0.3, 0.4) is 0 Å². The van der Waals surface area contributed by atoms with Crippen molar-refractivity contribution in [2.24, 2.45) is 10.8 Å². The van der Waals surface area contributed by atoms with Crippen molar-refractivity contribution < 1.29 is 0 Å². The third-order valence-electron chi connectivity index (χ3n) is 4.00. The van der Waals surface area contributed by atoms with Gasteiger partial charge in [0.1, 0.15) is 5.73 Å². The highest BCUT2D eigenvalue weighted by molar-refractivity contribution is 5.46.